The molecule has 0 bridgehead atoms. The van der Waals surface area contributed by atoms with Gasteiger partial charge in [-0.2, -0.15) is 0 Å². The Morgan fingerprint density at radius 2 is 1.21 bits per heavy atom. The number of hydrogen-bond donors (Lipinski definition) is 0. The Morgan fingerprint density at radius 3 is 1.79 bits per heavy atom. The maximum Gasteiger partial charge on any atom is 0.327 e. The number of ether oxygens (including phenoxy) is 1. The fourth-order valence-electron chi connectivity index (χ4n) is 3.28. The highest BCUT2D eigenvalue weighted by Gasteiger charge is 2.12. The fraction of sp³-hybridized carbons (Fsp3) is 0.840. The van der Waals surface area contributed by atoms with E-state index in [9.17, 15) is 9.59 Å². The van der Waals surface area contributed by atoms with E-state index >= 15 is 0 Å². The van der Waals surface area contributed by atoms with E-state index < -0.39 is 5.97 Å². The Balaban J connectivity index is 3.41. The molecule has 0 aliphatic rings. The average molecular weight is 410 g/mol. The molecular weight excluding hydrogens is 362 g/mol. The SMILES string of the molecule is CCCCCCCC/C=C\CCCCCCCC(=O)OC(=O)CN(C)CCCC. The molecule has 0 N–H and O–H groups in total. The maximum atomic E-state index is 11.7. The summed E-state index contributed by atoms with van der Waals surface area (Å²) in [5, 5.41) is 0. The molecule has 29 heavy (non-hydrogen) atoms. The lowest BCUT2D eigenvalue weighted by Crippen LogP contribution is -2.29. The van der Waals surface area contributed by atoms with Crippen LogP contribution in [0.1, 0.15) is 117 Å². The number of rotatable bonds is 20. The summed E-state index contributed by atoms with van der Waals surface area (Å²) < 4.78 is 4.89. The van der Waals surface area contributed by atoms with E-state index in [2.05, 4.69) is 26.0 Å². The van der Waals surface area contributed by atoms with Gasteiger partial charge in [0.25, 0.3) is 0 Å². The highest BCUT2D eigenvalue weighted by molar-refractivity contribution is 5.86. The number of esters is 2. The first kappa shape index (κ1) is 27.8. The second-order valence-electron chi connectivity index (χ2n) is 8.27. The highest BCUT2D eigenvalue weighted by Crippen LogP contribution is 2.10. The van der Waals surface area contributed by atoms with Gasteiger partial charge < -0.3 is 4.74 Å². The molecule has 0 atom stereocenters. The fourth-order valence-corrected chi connectivity index (χ4v) is 3.28. The van der Waals surface area contributed by atoms with Gasteiger partial charge in [-0.25, -0.2) is 0 Å². The number of likely N-dealkylation sites (N-methyl/N-ethyl adjacent to an activating group) is 1. The van der Waals surface area contributed by atoms with Gasteiger partial charge in [-0.05, 0) is 52.1 Å². The van der Waals surface area contributed by atoms with E-state index in [1.807, 2.05) is 11.9 Å². The number of carbonyl (C=O) groups excluding carboxylic acids is 2. The van der Waals surface area contributed by atoms with Crippen molar-refractivity contribution in [2.24, 2.45) is 0 Å². The van der Waals surface area contributed by atoms with Gasteiger partial charge in [-0.15, -0.1) is 0 Å². The van der Waals surface area contributed by atoms with Crippen LogP contribution in [0.4, 0.5) is 0 Å². The Morgan fingerprint density at radius 1 is 0.690 bits per heavy atom. The van der Waals surface area contributed by atoms with Gasteiger partial charge in [-0.3, -0.25) is 14.5 Å². The molecule has 170 valence electrons. The number of carbonyl (C=O) groups is 2. The molecule has 0 aromatic rings. The van der Waals surface area contributed by atoms with Crippen molar-refractivity contribution in [1.29, 1.82) is 0 Å². The van der Waals surface area contributed by atoms with Crippen molar-refractivity contribution in [2.75, 3.05) is 20.1 Å². The Labute approximate surface area is 180 Å². The van der Waals surface area contributed by atoms with Gasteiger partial charge in [0, 0.05) is 6.42 Å². The Bertz CT molecular complexity index is 420. The van der Waals surface area contributed by atoms with Crippen LogP contribution in [0.15, 0.2) is 12.2 Å². The largest absolute Gasteiger partial charge is 0.392 e. The third-order valence-electron chi connectivity index (χ3n) is 5.16. The normalized spacial score (nSPS) is 11.4. The molecule has 0 spiro atoms. The molecule has 0 fully saturated rings. The van der Waals surface area contributed by atoms with Crippen molar-refractivity contribution >= 4 is 11.9 Å². The predicted molar refractivity (Wildman–Crippen MR) is 123 cm³/mol. The van der Waals surface area contributed by atoms with Crippen LogP contribution >= 0.6 is 0 Å². The quantitative estimate of drug-likeness (QED) is 0.0957. The van der Waals surface area contributed by atoms with Crippen molar-refractivity contribution < 1.29 is 14.3 Å². The van der Waals surface area contributed by atoms with E-state index in [1.165, 1.54) is 57.8 Å². The minimum Gasteiger partial charge on any atom is -0.392 e. The predicted octanol–water partition coefficient (Wildman–Crippen LogP) is 6.83. The van der Waals surface area contributed by atoms with Gasteiger partial charge in [-0.1, -0.05) is 83.8 Å². The Kier molecular flexibility index (Phi) is 20.7. The second kappa shape index (κ2) is 21.5. The summed E-state index contributed by atoms with van der Waals surface area (Å²) in [6.45, 7) is 5.42. The zero-order valence-electron chi connectivity index (χ0n) is 19.6. The lowest BCUT2D eigenvalue weighted by molar-refractivity contribution is -0.160. The topological polar surface area (TPSA) is 46.6 Å². The molecule has 0 saturated carbocycles. The number of unbranched alkanes of at least 4 members (excludes halogenated alkanes) is 12. The zero-order chi connectivity index (χ0) is 21.6. The van der Waals surface area contributed by atoms with Crippen LogP contribution in [0.25, 0.3) is 0 Å². The van der Waals surface area contributed by atoms with E-state index in [0.717, 1.165) is 45.1 Å². The molecule has 0 aromatic carbocycles. The van der Waals surface area contributed by atoms with Crippen molar-refractivity contribution in [3.05, 3.63) is 12.2 Å². The first-order valence-electron chi connectivity index (χ1n) is 12.2. The molecule has 4 nitrogen and oxygen atoms in total. The van der Waals surface area contributed by atoms with E-state index in [1.54, 1.807) is 0 Å². The number of nitrogens with zero attached hydrogens (tertiary/aromatic N) is 1. The lowest BCUT2D eigenvalue weighted by Gasteiger charge is -2.14. The average Bonchev–Trinajstić information content (AvgIpc) is 2.69. The van der Waals surface area contributed by atoms with E-state index in [4.69, 9.17) is 4.74 Å². The molecule has 0 aliphatic carbocycles. The molecule has 0 aliphatic heterocycles. The molecular formula is C25H47NO3. The van der Waals surface area contributed by atoms with Crippen molar-refractivity contribution in [1.82, 2.24) is 4.90 Å². The monoisotopic (exact) mass is 409 g/mol. The molecule has 4 heteroatoms. The van der Waals surface area contributed by atoms with Gasteiger partial charge in [0.2, 0.25) is 0 Å². The van der Waals surface area contributed by atoms with Crippen LogP contribution in [0.2, 0.25) is 0 Å². The van der Waals surface area contributed by atoms with Crippen LogP contribution in [-0.2, 0) is 14.3 Å². The first-order chi connectivity index (χ1) is 14.1. The summed E-state index contributed by atoms with van der Waals surface area (Å²) in [4.78, 5) is 25.3. The summed E-state index contributed by atoms with van der Waals surface area (Å²) in [5.74, 6) is -0.808. The van der Waals surface area contributed by atoms with Crippen molar-refractivity contribution in [3.8, 4) is 0 Å². The second-order valence-corrected chi connectivity index (χ2v) is 8.27. The van der Waals surface area contributed by atoms with Crippen LogP contribution in [-0.4, -0.2) is 37.0 Å². The molecule has 0 amide bonds. The van der Waals surface area contributed by atoms with Crippen LogP contribution in [0, 0.1) is 0 Å². The molecule has 0 rings (SSSR count). The van der Waals surface area contributed by atoms with Gasteiger partial charge in [0.1, 0.15) is 0 Å². The standard InChI is InChI=1S/C25H47NO3/c1-4-6-8-9-10-11-12-13-14-15-16-17-18-19-20-21-24(27)29-25(28)23-26(3)22-7-5-2/h13-14H,4-12,15-23H2,1-3H3/b14-13-. The Hall–Kier alpha value is -1.16. The minimum absolute atomic E-state index is 0.193. The summed E-state index contributed by atoms with van der Waals surface area (Å²) in [6.07, 6.45) is 23.1. The van der Waals surface area contributed by atoms with E-state index in [0.29, 0.717) is 6.42 Å². The molecule has 0 heterocycles. The van der Waals surface area contributed by atoms with Crippen molar-refractivity contribution in [2.45, 2.75) is 117 Å². The highest BCUT2D eigenvalue weighted by atomic mass is 16.6. The minimum atomic E-state index is -0.429. The molecule has 0 aromatic heterocycles. The van der Waals surface area contributed by atoms with Gasteiger partial charge in [0.15, 0.2) is 0 Å². The zero-order valence-corrected chi connectivity index (χ0v) is 19.6. The lowest BCUT2D eigenvalue weighted by atomic mass is 10.1. The van der Waals surface area contributed by atoms with Crippen LogP contribution in [0.5, 0.6) is 0 Å². The molecule has 0 unspecified atom stereocenters. The summed E-state index contributed by atoms with van der Waals surface area (Å²) in [6, 6.07) is 0. The van der Waals surface area contributed by atoms with E-state index in [-0.39, 0.29) is 12.5 Å². The van der Waals surface area contributed by atoms with Crippen LogP contribution < -0.4 is 0 Å². The van der Waals surface area contributed by atoms with Crippen LogP contribution in [0.3, 0.4) is 0 Å². The van der Waals surface area contributed by atoms with Crippen molar-refractivity contribution in [3.63, 3.8) is 0 Å². The molecule has 0 radical (unpaired) electrons. The summed E-state index contributed by atoms with van der Waals surface area (Å²) in [7, 11) is 1.88. The third kappa shape index (κ3) is 21.4. The van der Waals surface area contributed by atoms with Gasteiger partial charge >= 0.3 is 11.9 Å². The number of allylic oxidation sites excluding steroid dienone is 2. The first-order valence-corrected chi connectivity index (χ1v) is 12.2. The summed E-state index contributed by atoms with van der Waals surface area (Å²) in [5.41, 5.74) is 0. The maximum absolute atomic E-state index is 11.7. The smallest absolute Gasteiger partial charge is 0.327 e. The van der Waals surface area contributed by atoms with Gasteiger partial charge in [0.05, 0.1) is 6.54 Å². The third-order valence-corrected chi connectivity index (χ3v) is 5.16. The number of hydrogen-bond acceptors (Lipinski definition) is 4. The molecule has 0 saturated heterocycles. The summed E-state index contributed by atoms with van der Waals surface area (Å²) >= 11 is 0.